The molecule has 2 aromatic rings. The maximum Gasteiger partial charge on any atom is 0.292 e. The molecule has 5 nitrogen and oxygen atoms in total. The van der Waals surface area contributed by atoms with E-state index in [0.29, 0.717) is 16.7 Å². The molecule has 0 amide bonds. The highest BCUT2D eigenvalue weighted by atomic mass is 16.7. The van der Waals surface area contributed by atoms with Crippen LogP contribution in [0.4, 0.5) is 5.69 Å². The highest BCUT2D eigenvalue weighted by molar-refractivity contribution is 5.66. The zero-order valence-electron chi connectivity index (χ0n) is 15.7. The van der Waals surface area contributed by atoms with Crippen LogP contribution in [-0.2, 0) is 5.79 Å². The van der Waals surface area contributed by atoms with Crippen molar-refractivity contribution in [1.82, 2.24) is 4.98 Å². The highest BCUT2D eigenvalue weighted by Crippen LogP contribution is 2.60. The molecule has 0 N–H and O–H groups in total. The van der Waals surface area contributed by atoms with Crippen LogP contribution in [0.1, 0.15) is 44.4 Å². The Morgan fingerprint density at radius 3 is 2.59 bits per heavy atom. The second-order valence-corrected chi connectivity index (χ2v) is 8.25. The molecule has 2 aliphatic heterocycles. The van der Waals surface area contributed by atoms with Gasteiger partial charge in [0.05, 0.1) is 11.3 Å². The standard InChI is InChI=1S/C22H23N3O2/c1-15-12-22(15)8-10-25(11-9-22)17-4-3-5-18-20(17)27-21(2,26-18)19-7-6-16(13-23)14-24-19/h3-7,14-15H,8-12H2,1-2H3/t15?,21-/m0/s1. The zero-order chi connectivity index (χ0) is 18.6. The van der Waals surface area contributed by atoms with E-state index in [1.807, 2.05) is 19.1 Å². The fraction of sp³-hybridized carbons (Fsp3) is 0.455. The Morgan fingerprint density at radius 2 is 1.96 bits per heavy atom. The average Bonchev–Trinajstić information content (AvgIpc) is 3.15. The van der Waals surface area contributed by atoms with Crippen LogP contribution in [0.2, 0.25) is 0 Å². The van der Waals surface area contributed by atoms with Gasteiger partial charge in [0.15, 0.2) is 11.5 Å². The van der Waals surface area contributed by atoms with Gasteiger partial charge in [0.2, 0.25) is 0 Å². The van der Waals surface area contributed by atoms with E-state index in [0.717, 1.165) is 36.2 Å². The van der Waals surface area contributed by atoms with E-state index in [4.69, 9.17) is 14.7 Å². The summed E-state index contributed by atoms with van der Waals surface area (Å²) in [6, 6.07) is 11.7. The van der Waals surface area contributed by atoms with Gasteiger partial charge in [-0.1, -0.05) is 13.0 Å². The molecular formula is C22H23N3O2. The Hall–Kier alpha value is -2.74. The summed E-state index contributed by atoms with van der Waals surface area (Å²) in [6.07, 6.45) is 5.45. The Bertz CT molecular complexity index is 926. The van der Waals surface area contributed by atoms with Gasteiger partial charge >= 0.3 is 0 Å². The predicted molar refractivity (Wildman–Crippen MR) is 102 cm³/mol. The molecule has 1 aromatic carbocycles. The minimum Gasteiger partial charge on any atom is -0.443 e. The first-order chi connectivity index (χ1) is 13.0. The molecule has 5 heteroatoms. The van der Waals surface area contributed by atoms with Crippen molar-refractivity contribution in [3.63, 3.8) is 0 Å². The second kappa shape index (κ2) is 5.63. The molecule has 2 atom stereocenters. The SMILES string of the molecule is CC1CC12CCN(c1cccc3c1O[C@@](C)(c1ccc(C#N)cn1)O3)CC2. The minimum atomic E-state index is -0.978. The second-order valence-electron chi connectivity index (χ2n) is 8.25. The van der Waals surface area contributed by atoms with Gasteiger partial charge in [0, 0.05) is 26.2 Å². The van der Waals surface area contributed by atoms with Crippen molar-refractivity contribution in [3.05, 3.63) is 47.8 Å². The summed E-state index contributed by atoms with van der Waals surface area (Å²) in [6.45, 7) is 6.39. The molecule has 1 aromatic heterocycles. The van der Waals surface area contributed by atoms with Crippen molar-refractivity contribution in [1.29, 1.82) is 5.26 Å². The number of benzene rings is 1. The van der Waals surface area contributed by atoms with Crippen LogP contribution >= 0.6 is 0 Å². The van der Waals surface area contributed by atoms with Crippen molar-refractivity contribution in [3.8, 4) is 17.6 Å². The number of rotatable bonds is 2. The van der Waals surface area contributed by atoms with Gasteiger partial charge in [-0.3, -0.25) is 4.98 Å². The fourth-order valence-corrected chi connectivity index (χ4v) is 4.64. The van der Waals surface area contributed by atoms with Crippen molar-refractivity contribution < 1.29 is 9.47 Å². The van der Waals surface area contributed by atoms with E-state index < -0.39 is 5.79 Å². The minimum absolute atomic E-state index is 0.523. The zero-order valence-corrected chi connectivity index (χ0v) is 15.7. The van der Waals surface area contributed by atoms with E-state index in [9.17, 15) is 0 Å². The van der Waals surface area contributed by atoms with Gasteiger partial charge < -0.3 is 14.4 Å². The number of nitrogens with zero attached hydrogens (tertiary/aromatic N) is 3. The third-order valence-corrected chi connectivity index (χ3v) is 6.62. The van der Waals surface area contributed by atoms with Gasteiger partial charge in [-0.15, -0.1) is 0 Å². The smallest absolute Gasteiger partial charge is 0.292 e. The average molecular weight is 361 g/mol. The molecule has 3 aliphatic rings. The van der Waals surface area contributed by atoms with Crippen LogP contribution in [0.15, 0.2) is 36.5 Å². The summed E-state index contributed by atoms with van der Waals surface area (Å²) >= 11 is 0. The Balaban J connectivity index is 1.40. The first-order valence-corrected chi connectivity index (χ1v) is 9.66. The van der Waals surface area contributed by atoms with Crippen LogP contribution in [0.25, 0.3) is 0 Å². The topological polar surface area (TPSA) is 58.4 Å². The lowest BCUT2D eigenvalue weighted by atomic mass is 9.91. The third kappa shape index (κ3) is 2.55. The van der Waals surface area contributed by atoms with Crippen LogP contribution in [-0.4, -0.2) is 18.1 Å². The molecule has 0 radical (unpaired) electrons. The molecular weight excluding hydrogens is 338 g/mol. The molecule has 3 heterocycles. The Labute approximate surface area is 159 Å². The van der Waals surface area contributed by atoms with Crippen molar-refractivity contribution >= 4 is 5.69 Å². The van der Waals surface area contributed by atoms with E-state index in [1.54, 1.807) is 18.3 Å². The van der Waals surface area contributed by atoms with E-state index in [-0.39, 0.29) is 0 Å². The molecule has 2 fully saturated rings. The van der Waals surface area contributed by atoms with Crippen LogP contribution in [0, 0.1) is 22.7 Å². The summed E-state index contributed by atoms with van der Waals surface area (Å²) in [4.78, 5) is 6.81. The number of anilines is 1. The molecule has 1 saturated heterocycles. The summed E-state index contributed by atoms with van der Waals surface area (Å²) in [7, 11) is 0. The van der Waals surface area contributed by atoms with Crippen LogP contribution in [0.3, 0.4) is 0 Å². The third-order valence-electron chi connectivity index (χ3n) is 6.62. The molecule has 1 unspecified atom stereocenters. The molecule has 0 bridgehead atoms. The molecule has 5 rings (SSSR count). The monoisotopic (exact) mass is 361 g/mol. The molecule has 1 aliphatic carbocycles. The van der Waals surface area contributed by atoms with Crippen molar-refractivity contribution in [2.45, 2.75) is 38.9 Å². The number of para-hydroxylation sites is 1. The van der Waals surface area contributed by atoms with Gasteiger partial charge in [-0.05, 0) is 54.9 Å². The number of hydrogen-bond acceptors (Lipinski definition) is 5. The number of ether oxygens (including phenoxy) is 2. The summed E-state index contributed by atoms with van der Waals surface area (Å²) in [5, 5.41) is 8.98. The van der Waals surface area contributed by atoms with E-state index in [2.05, 4.69) is 28.9 Å². The number of fused-ring (bicyclic) bond motifs is 1. The van der Waals surface area contributed by atoms with Gasteiger partial charge in [-0.25, -0.2) is 0 Å². The van der Waals surface area contributed by atoms with Gasteiger partial charge in [-0.2, -0.15) is 5.26 Å². The number of hydrogen-bond donors (Lipinski definition) is 0. The molecule has 1 spiro atoms. The Kier molecular flexibility index (Phi) is 3.42. The number of pyridine rings is 1. The Morgan fingerprint density at radius 1 is 1.19 bits per heavy atom. The van der Waals surface area contributed by atoms with Crippen molar-refractivity contribution in [2.24, 2.45) is 11.3 Å². The van der Waals surface area contributed by atoms with E-state index in [1.165, 1.54) is 19.3 Å². The lowest BCUT2D eigenvalue weighted by Gasteiger charge is -2.35. The lowest BCUT2D eigenvalue weighted by molar-refractivity contribution is -0.0716. The lowest BCUT2D eigenvalue weighted by Crippen LogP contribution is -2.36. The number of piperidine rings is 1. The van der Waals surface area contributed by atoms with E-state index >= 15 is 0 Å². The summed E-state index contributed by atoms with van der Waals surface area (Å²) < 4.78 is 12.5. The van der Waals surface area contributed by atoms with Crippen LogP contribution < -0.4 is 14.4 Å². The number of aromatic nitrogens is 1. The normalized spacial score (nSPS) is 27.4. The molecule has 138 valence electrons. The molecule has 1 saturated carbocycles. The maximum absolute atomic E-state index is 8.98. The van der Waals surface area contributed by atoms with Gasteiger partial charge in [0.25, 0.3) is 5.79 Å². The first kappa shape index (κ1) is 16.4. The first-order valence-electron chi connectivity index (χ1n) is 9.66. The largest absolute Gasteiger partial charge is 0.443 e. The van der Waals surface area contributed by atoms with Gasteiger partial charge in [0.1, 0.15) is 11.8 Å². The highest BCUT2D eigenvalue weighted by Gasteiger charge is 2.52. The fourth-order valence-electron chi connectivity index (χ4n) is 4.64. The predicted octanol–water partition coefficient (Wildman–Crippen LogP) is 4.22. The quantitative estimate of drug-likeness (QED) is 0.801. The maximum atomic E-state index is 8.98. The summed E-state index contributed by atoms with van der Waals surface area (Å²) in [5.41, 5.74) is 2.89. The summed E-state index contributed by atoms with van der Waals surface area (Å²) in [5.74, 6) is 1.45. The van der Waals surface area contributed by atoms with Crippen LogP contribution in [0.5, 0.6) is 11.5 Å². The number of nitriles is 1. The molecule has 27 heavy (non-hydrogen) atoms. The van der Waals surface area contributed by atoms with Crippen molar-refractivity contribution in [2.75, 3.05) is 18.0 Å².